The lowest BCUT2D eigenvalue weighted by Gasteiger charge is -2.29. The molecular formula is C13H12N2OS. The predicted molar refractivity (Wildman–Crippen MR) is 69.9 cm³/mol. The van der Waals surface area contributed by atoms with Crippen LogP contribution < -0.4 is 0 Å². The van der Waals surface area contributed by atoms with E-state index >= 15 is 0 Å². The molecule has 0 atom stereocenters. The summed E-state index contributed by atoms with van der Waals surface area (Å²) in [5.74, 6) is 0.0931. The number of thiazole rings is 1. The lowest BCUT2D eigenvalue weighted by Crippen LogP contribution is -2.40. The van der Waals surface area contributed by atoms with Gasteiger partial charge in [-0.05, 0) is 24.6 Å². The van der Waals surface area contributed by atoms with E-state index in [0.29, 0.717) is 0 Å². The fraction of sp³-hybridized carbons (Fsp3) is 0.231. The molecule has 0 saturated carbocycles. The van der Waals surface area contributed by atoms with E-state index < -0.39 is 0 Å². The number of hydrogen-bond donors (Lipinski definition) is 0. The molecule has 0 N–H and O–H groups in total. The molecule has 2 heterocycles. The largest absolute Gasteiger partial charge is 0.339 e. The number of fused-ring (bicyclic) bond motifs is 1. The summed E-state index contributed by atoms with van der Waals surface area (Å²) in [6, 6.07) is 8.00. The van der Waals surface area contributed by atoms with Crippen molar-refractivity contribution in [1.82, 2.24) is 9.88 Å². The van der Waals surface area contributed by atoms with Crippen molar-refractivity contribution in [2.45, 2.75) is 6.42 Å². The molecule has 0 bridgehead atoms. The fourth-order valence-corrected chi connectivity index (χ4v) is 2.62. The number of likely N-dealkylation sites (tertiary alicyclic amines) is 1. The van der Waals surface area contributed by atoms with Gasteiger partial charge in [-0.15, -0.1) is 11.3 Å². The number of nitrogens with zero attached hydrogens (tertiary/aromatic N) is 2. The Balaban J connectivity index is 1.79. The van der Waals surface area contributed by atoms with Crippen molar-refractivity contribution in [1.29, 1.82) is 0 Å². The molecule has 1 saturated heterocycles. The highest BCUT2D eigenvalue weighted by atomic mass is 32.1. The highest BCUT2D eigenvalue weighted by Gasteiger charge is 2.17. The molecule has 0 spiro atoms. The van der Waals surface area contributed by atoms with Crippen molar-refractivity contribution in [2.75, 3.05) is 13.1 Å². The van der Waals surface area contributed by atoms with Gasteiger partial charge in [-0.1, -0.05) is 12.1 Å². The fourth-order valence-electron chi connectivity index (χ4n) is 1.75. The van der Waals surface area contributed by atoms with Gasteiger partial charge in [-0.3, -0.25) is 4.79 Å². The lowest BCUT2D eigenvalue weighted by atomic mass is 10.2. The zero-order chi connectivity index (χ0) is 11.7. The maximum absolute atomic E-state index is 11.6. The molecule has 1 fully saturated rings. The van der Waals surface area contributed by atoms with Crippen LogP contribution in [0.2, 0.25) is 0 Å². The van der Waals surface area contributed by atoms with Crippen LogP contribution in [0.5, 0.6) is 0 Å². The highest BCUT2D eigenvalue weighted by molar-refractivity contribution is 7.19. The molecule has 2 aromatic rings. The van der Waals surface area contributed by atoms with Crippen LogP contribution >= 0.6 is 11.3 Å². The minimum Gasteiger partial charge on any atom is -0.339 e. The Labute approximate surface area is 103 Å². The Hall–Kier alpha value is -1.68. The number of rotatable bonds is 2. The van der Waals surface area contributed by atoms with E-state index in [1.165, 1.54) is 0 Å². The number of aromatic nitrogens is 1. The van der Waals surface area contributed by atoms with Gasteiger partial charge in [0.15, 0.2) is 0 Å². The average Bonchev–Trinajstić information content (AvgIpc) is 2.66. The van der Waals surface area contributed by atoms with Crippen molar-refractivity contribution in [3.8, 4) is 0 Å². The summed E-state index contributed by atoms with van der Waals surface area (Å²) in [7, 11) is 0. The first-order chi connectivity index (χ1) is 8.33. The Morgan fingerprint density at radius 2 is 2.18 bits per heavy atom. The smallest absolute Gasteiger partial charge is 0.246 e. The summed E-state index contributed by atoms with van der Waals surface area (Å²) >= 11 is 1.61. The molecule has 1 aliphatic rings. The molecule has 1 aliphatic heterocycles. The van der Waals surface area contributed by atoms with Crippen LogP contribution in [0.1, 0.15) is 11.4 Å². The van der Waals surface area contributed by atoms with Gasteiger partial charge in [0, 0.05) is 19.2 Å². The first-order valence-corrected chi connectivity index (χ1v) is 6.47. The molecular weight excluding hydrogens is 232 g/mol. The minimum atomic E-state index is 0.0931. The number of benzene rings is 1. The highest BCUT2D eigenvalue weighted by Crippen LogP contribution is 2.22. The van der Waals surface area contributed by atoms with Gasteiger partial charge in [0.2, 0.25) is 5.91 Å². The van der Waals surface area contributed by atoms with E-state index in [4.69, 9.17) is 0 Å². The molecule has 0 unspecified atom stereocenters. The van der Waals surface area contributed by atoms with E-state index in [-0.39, 0.29) is 5.91 Å². The average molecular weight is 244 g/mol. The maximum atomic E-state index is 11.6. The number of para-hydroxylation sites is 1. The van der Waals surface area contributed by atoms with Crippen LogP contribution in [0, 0.1) is 0 Å². The molecule has 1 amide bonds. The second-order valence-electron chi connectivity index (χ2n) is 4.03. The van der Waals surface area contributed by atoms with Crippen LogP contribution in [0.4, 0.5) is 0 Å². The summed E-state index contributed by atoms with van der Waals surface area (Å²) in [5, 5.41) is 0.889. The zero-order valence-corrected chi connectivity index (χ0v) is 10.1. The second kappa shape index (κ2) is 4.30. The zero-order valence-electron chi connectivity index (χ0n) is 9.30. The molecule has 3 nitrogen and oxygen atoms in total. The Kier molecular flexibility index (Phi) is 2.65. The molecule has 4 heteroatoms. The second-order valence-corrected chi connectivity index (χ2v) is 5.09. The van der Waals surface area contributed by atoms with Gasteiger partial charge in [0.1, 0.15) is 5.01 Å². The standard InChI is InChI=1S/C13H12N2OS/c16-13(15-8-3-9-15)7-6-12-14-10-4-1-2-5-11(10)17-12/h1-2,4-7H,3,8-9H2. The van der Waals surface area contributed by atoms with E-state index in [1.807, 2.05) is 35.2 Å². The number of carbonyl (C=O) groups is 1. The van der Waals surface area contributed by atoms with Crippen molar-refractivity contribution in [3.63, 3.8) is 0 Å². The third-order valence-electron chi connectivity index (χ3n) is 2.85. The third kappa shape index (κ3) is 2.08. The summed E-state index contributed by atoms with van der Waals surface area (Å²) in [4.78, 5) is 17.9. The van der Waals surface area contributed by atoms with Gasteiger partial charge in [-0.25, -0.2) is 4.98 Å². The number of hydrogen-bond acceptors (Lipinski definition) is 3. The monoisotopic (exact) mass is 244 g/mol. The number of carbonyl (C=O) groups excluding carboxylic acids is 1. The summed E-state index contributed by atoms with van der Waals surface area (Å²) in [6.07, 6.45) is 4.56. The van der Waals surface area contributed by atoms with Gasteiger partial charge in [-0.2, -0.15) is 0 Å². The minimum absolute atomic E-state index is 0.0931. The third-order valence-corrected chi connectivity index (χ3v) is 3.85. The molecule has 86 valence electrons. The van der Waals surface area contributed by atoms with Gasteiger partial charge < -0.3 is 4.90 Å². The SMILES string of the molecule is O=C(C=Cc1nc2ccccc2s1)N1CCC1. The topological polar surface area (TPSA) is 33.2 Å². The van der Waals surface area contributed by atoms with E-state index in [2.05, 4.69) is 4.98 Å². The first kappa shape index (κ1) is 10.5. The first-order valence-electron chi connectivity index (χ1n) is 5.65. The summed E-state index contributed by atoms with van der Waals surface area (Å²) in [5.41, 5.74) is 0.994. The summed E-state index contributed by atoms with van der Waals surface area (Å²) < 4.78 is 1.16. The molecule has 0 radical (unpaired) electrons. The van der Waals surface area contributed by atoms with Gasteiger partial charge in [0.25, 0.3) is 0 Å². The van der Waals surface area contributed by atoms with E-state index in [1.54, 1.807) is 17.4 Å². The van der Waals surface area contributed by atoms with Gasteiger partial charge in [0.05, 0.1) is 10.2 Å². The normalized spacial score (nSPS) is 15.4. The maximum Gasteiger partial charge on any atom is 0.246 e. The molecule has 0 aliphatic carbocycles. The molecule has 3 rings (SSSR count). The molecule has 1 aromatic heterocycles. The van der Waals surface area contributed by atoms with Crippen LogP contribution in [0.25, 0.3) is 16.3 Å². The Morgan fingerprint density at radius 3 is 2.88 bits per heavy atom. The van der Waals surface area contributed by atoms with Crippen molar-refractivity contribution >= 4 is 33.5 Å². The van der Waals surface area contributed by atoms with Crippen LogP contribution in [0.3, 0.4) is 0 Å². The summed E-state index contributed by atoms with van der Waals surface area (Å²) in [6.45, 7) is 1.78. The van der Waals surface area contributed by atoms with E-state index in [9.17, 15) is 4.79 Å². The predicted octanol–water partition coefficient (Wildman–Crippen LogP) is 2.54. The Bertz CT molecular complexity index is 551. The van der Waals surface area contributed by atoms with Crippen LogP contribution in [0.15, 0.2) is 30.3 Å². The van der Waals surface area contributed by atoms with Crippen molar-refractivity contribution < 1.29 is 4.79 Å². The van der Waals surface area contributed by atoms with Crippen LogP contribution in [-0.4, -0.2) is 28.9 Å². The number of amides is 1. The molecule has 17 heavy (non-hydrogen) atoms. The van der Waals surface area contributed by atoms with Crippen molar-refractivity contribution in [2.24, 2.45) is 0 Å². The quantitative estimate of drug-likeness (QED) is 0.761. The van der Waals surface area contributed by atoms with Crippen molar-refractivity contribution in [3.05, 3.63) is 35.3 Å². The Morgan fingerprint density at radius 1 is 1.35 bits per heavy atom. The van der Waals surface area contributed by atoms with E-state index in [0.717, 1.165) is 34.7 Å². The molecule has 1 aromatic carbocycles. The lowest BCUT2D eigenvalue weighted by molar-refractivity contribution is -0.129. The van der Waals surface area contributed by atoms with Crippen LogP contribution in [-0.2, 0) is 4.79 Å². The van der Waals surface area contributed by atoms with Gasteiger partial charge >= 0.3 is 0 Å².